The van der Waals surface area contributed by atoms with Gasteiger partial charge in [-0.2, -0.15) is 0 Å². The first-order valence-corrected chi connectivity index (χ1v) is 6.12. The molecule has 6 heteroatoms. The molecule has 6 nitrogen and oxygen atoms in total. The molecule has 1 amide bonds. The van der Waals surface area contributed by atoms with Crippen LogP contribution < -0.4 is 5.32 Å². The molecule has 0 aliphatic rings. The van der Waals surface area contributed by atoms with Gasteiger partial charge in [-0.3, -0.25) is 4.79 Å². The van der Waals surface area contributed by atoms with Crippen molar-refractivity contribution in [3.05, 3.63) is 41.6 Å². The number of carbonyl (C=O) groups excluding carboxylic acids is 2. The molecular weight excluding hydrogens is 260 g/mol. The van der Waals surface area contributed by atoms with Gasteiger partial charge in [-0.15, -0.1) is 0 Å². The van der Waals surface area contributed by atoms with E-state index in [4.69, 9.17) is 9.26 Å². The topological polar surface area (TPSA) is 81.4 Å². The summed E-state index contributed by atoms with van der Waals surface area (Å²) < 4.78 is 9.96. The lowest BCUT2D eigenvalue weighted by atomic mass is 10.0. The molecule has 104 valence electrons. The van der Waals surface area contributed by atoms with E-state index >= 15 is 0 Å². The summed E-state index contributed by atoms with van der Waals surface area (Å²) in [6, 6.07) is 8.37. The van der Waals surface area contributed by atoms with Crippen LogP contribution in [0.15, 0.2) is 34.9 Å². The standard InChI is InChI=1S/C14H14N2O4/c1-3-19-14(18)11-8-12(20-16-11)9-6-4-5-7-10(9)13(17)15-2/h4-8H,3H2,1-2H3,(H,15,17). The number of nitrogens with one attached hydrogen (secondary N) is 1. The van der Waals surface area contributed by atoms with Crippen LogP contribution in [0.4, 0.5) is 0 Å². The molecule has 2 aromatic rings. The highest BCUT2D eigenvalue weighted by molar-refractivity contribution is 6.00. The molecule has 1 N–H and O–H groups in total. The van der Waals surface area contributed by atoms with Crippen LogP contribution in [0.5, 0.6) is 0 Å². The molecule has 0 fully saturated rings. The van der Waals surface area contributed by atoms with Crippen molar-refractivity contribution in [1.29, 1.82) is 0 Å². The number of carbonyl (C=O) groups is 2. The Hall–Kier alpha value is -2.63. The lowest BCUT2D eigenvalue weighted by Crippen LogP contribution is -2.18. The summed E-state index contributed by atoms with van der Waals surface area (Å²) in [4.78, 5) is 23.3. The second-order valence-electron chi connectivity index (χ2n) is 3.92. The summed E-state index contributed by atoms with van der Waals surface area (Å²) in [7, 11) is 1.55. The Bertz CT molecular complexity index is 634. The minimum atomic E-state index is -0.556. The summed E-state index contributed by atoms with van der Waals surface area (Å²) in [5.74, 6) is -0.457. The monoisotopic (exact) mass is 274 g/mol. The number of ether oxygens (including phenoxy) is 1. The Kier molecular flexibility index (Phi) is 4.14. The minimum Gasteiger partial charge on any atom is -0.461 e. The van der Waals surface area contributed by atoms with Crippen molar-refractivity contribution in [2.45, 2.75) is 6.92 Å². The summed E-state index contributed by atoms with van der Waals surface area (Å²) in [6.45, 7) is 1.97. The SMILES string of the molecule is CCOC(=O)c1cc(-c2ccccc2C(=O)NC)on1. The number of aromatic nitrogens is 1. The molecule has 1 aromatic heterocycles. The largest absolute Gasteiger partial charge is 0.461 e. The Morgan fingerprint density at radius 2 is 2.10 bits per heavy atom. The van der Waals surface area contributed by atoms with Gasteiger partial charge in [-0.05, 0) is 13.0 Å². The van der Waals surface area contributed by atoms with Gasteiger partial charge in [0.05, 0.1) is 12.2 Å². The van der Waals surface area contributed by atoms with Gasteiger partial charge in [0.25, 0.3) is 5.91 Å². The molecule has 1 aromatic carbocycles. The van der Waals surface area contributed by atoms with Crippen molar-refractivity contribution in [2.75, 3.05) is 13.7 Å². The fourth-order valence-corrected chi connectivity index (χ4v) is 1.73. The van der Waals surface area contributed by atoms with Crippen LogP contribution in [-0.2, 0) is 4.74 Å². The molecule has 0 aliphatic carbocycles. The molecule has 0 aliphatic heterocycles. The van der Waals surface area contributed by atoms with Crippen molar-refractivity contribution >= 4 is 11.9 Å². The molecule has 0 spiro atoms. The Morgan fingerprint density at radius 1 is 1.35 bits per heavy atom. The Labute approximate surface area is 115 Å². The van der Waals surface area contributed by atoms with E-state index in [2.05, 4.69) is 10.5 Å². The van der Waals surface area contributed by atoms with Crippen LogP contribution in [0.3, 0.4) is 0 Å². The van der Waals surface area contributed by atoms with Crippen LogP contribution in [-0.4, -0.2) is 30.7 Å². The summed E-state index contributed by atoms with van der Waals surface area (Å²) in [6.07, 6.45) is 0. The average Bonchev–Trinajstić information content (AvgIpc) is 2.96. The first-order valence-electron chi connectivity index (χ1n) is 6.12. The third-order valence-corrected chi connectivity index (χ3v) is 2.66. The summed E-state index contributed by atoms with van der Waals surface area (Å²) in [5, 5.41) is 6.20. The van der Waals surface area contributed by atoms with E-state index in [1.54, 1.807) is 38.2 Å². The van der Waals surface area contributed by atoms with Gasteiger partial charge in [0.15, 0.2) is 11.5 Å². The molecule has 1 heterocycles. The highest BCUT2D eigenvalue weighted by atomic mass is 16.5. The minimum absolute atomic E-state index is 0.0774. The number of benzene rings is 1. The fourth-order valence-electron chi connectivity index (χ4n) is 1.73. The van der Waals surface area contributed by atoms with Crippen molar-refractivity contribution < 1.29 is 18.8 Å². The first kappa shape index (κ1) is 13.8. The smallest absolute Gasteiger partial charge is 0.360 e. The third-order valence-electron chi connectivity index (χ3n) is 2.66. The lowest BCUT2D eigenvalue weighted by molar-refractivity contribution is 0.0514. The zero-order valence-corrected chi connectivity index (χ0v) is 11.2. The lowest BCUT2D eigenvalue weighted by Gasteiger charge is -2.04. The molecular formula is C14H14N2O4. The highest BCUT2D eigenvalue weighted by Crippen LogP contribution is 2.24. The van der Waals surface area contributed by atoms with Crippen LogP contribution in [0, 0.1) is 0 Å². The van der Waals surface area contributed by atoms with Crippen molar-refractivity contribution in [2.24, 2.45) is 0 Å². The van der Waals surface area contributed by atoms with Crippen molar-refractivity contribution in [1.82, 2.24) is 10.5 Å². The van der Waals surface area contributed by atoms with Gasteiger partial charge in [-0.1, -0.05) is 23.4 Å². The molecule has 0 radical (unpaired) electrons. The molecule has 2 rings (SSSR count). The molecule has 0 saturated heterocycles. The van der Waals surface area contributed by atoms with E-state index in [0.717, 1.165) is 0 Å². The number of nitrogens with zero attached hydrogens (tertiary/aromatic N) is 1. The van der Waals surface area contributed by atoms with Crippen LogP contribution in [0.25, 0.3) is 11.3 Å². The van der Waals surface area contributed by atoms with Gasteiger partial charge in [0.2, 0.25) is 0 Å². The second-order valence-corrected chi connectivity index (χ2v) is 3.92. The van der Waals surface area contributed by atoms with Crippen LogP contribution >= 0.6 is 0 Å². The number of hydrogen-bond acceptors (Lipinski definition) is 5. The number of rotatable bonds is 4. The van der Waals surface area contributed by atoms with Crippen molar-refractivity contribution in [3.63, 3.8) is 0 Å². The zero-order chi connectivity index (χ0) is 14.5. The number of hydrogen-bond donors (Lipinski definition) is 1. The van der Waals surface area contributed by atoms with Crippen molar-refractivity contribution in [3.8, 4) is 11.3 Å². The predicted octanol–water partition coefficient (Wildman–Crippen LogP) is 1.88. The maximum Gasteiger partial charge on any atom is 0.360 e. The maximum atomic E-state index is 11.8. The van der Waals surface area contributed by atoms with E-state index < -0.39 is 5.97 Å². The Morgan fingerprint density at radius 3 is 2.80 bits per heavy atom. The molecule has 20 heavy (non-hydrogen) atoms. The van der Waals surface area contributed by atoms with Gasteiger partial charge >= 0.3 is 5.97 Å². The highest BCUT2D eigenvalue weighted by Gasteiger charge is 2.18. The quantitative estimate of drug-likeness (QED) is 0.861. The molecule has 0 bridgehead atoms. The van der Waals surface area contributed by atoms with Crippen LogP contribution in [0.2, 0.25) is 0 Å². The van der Waals surface area contributed by atoms with E-state index in [9.17, 15) is 9.59 Å². The third kappa shape index (κ3) is 2.69. The first-order chi connectivity index (χ1) is 9.67. The molecule has 0 atom stereocenters. The van der Waals surface area contributed by atoms with E-state index in [1.165, 1.54) is 6.07 Å². The molecule has 0 saturated carbocycles. The van der Waals surface area contributed by atoms with Gasteiger partial charge in [0, 0.05) is 18.7 Å². The maximum absolute atomic E-state index is 11.8. The summed E-state index contributed by atoms with van der Waals surface area (Å²) in [5.41, 5.74) is 1.09. The average molecular weight is 274 g/mol. The van der Waals surface area contributed by atoms with E-state index in [1.807, 2.05) is 0 Å². The fraction of sp³-hybridized carbons (Fsp3) is 0.214. The predicted molar refractivity (Wildman–Crippen MR) is 71.3 cm³/mol. The van der Waals surface area contributed by atoms with E-state index in [0.29, 0.717) is 16.9 Å². The number of esters is 1. The Balaban J connectivity index is 2.38. The molecule has 0 unspecified atom stereocenters. The number of amides is 1. The van der Waals surface area contributed by atoms with Gasteiger partial charge in [0.1, 0.15) is 0 Å². The summed E-state index contributed by atoms with van der Waals surface area (Å²) >= 11 is 0. The van der Waals surface area contributed by atoms with Crippen LogP contribution in [0.1, 0.15) is 27.8 Å². The normalized spacial score (nSPS) is 10.1. The van der Waals surface area contributed by atoms with E-state index in [-0.39, 0.29) is 18.2 Å². The second kappa shape index (κ2) is 6.01. The van der Waals surface area contributed by atoms with Gasteiger partial charge < -0.3 is 14.6 Å². The zero-order valence-electron chi connectivity index (χ0n) is 11.2. The van der Waals surface area contributed by atoms with Gasteiger partial charge in [-0.25, -0.2) is 4.79 Å².